The molecule has 0 aliphatic rings. The highest BCUT2D eigenvalue weighted by Gasteiger charge is 2.38. The molecule has 1 amide bonds. The van der Waals surface area contributed by atoms with E-state index in [9.17, 15) is 18.0 Å². The van der Waals surface area contributed by atoms with Crippen molar-refractivity contribution in [2.75, 3.05) is 0 Å². The topological polar surface area (TPSA) is 65.2 Å². The molecule has 0 rings (SSSR count). The summed E-state index contributed by atoms with van der Waals surface area (Å²) in [5, 5.41) is 10.4. The molecule has 0 bridgehead atoms. The summed E-state index contributed by atoms with van der Waals surface area (Å²) in [5.41, 5.74) is 1.11. The Labute approximate surface area is 59.3 Å². The fourth-order valence-electron chi connectivity index (χ4n) is 0.183. The number of carbonyl (C=O) groups excluding carboxylic acids is 1. The summed E-state index contributed by atoms with van der Waals surface area (Å²) >= 11 is 0. The molecule has 0 atom stereocenters. The maximum absolute atomic E-state index is 11.3. The maximum Gasteiger partial charge on any atom is 0.473 e. The minimum Gasteiger partial charge on any atom is -0.263 e. The van der Waals surface area contributed by atoms with Crippen LogP contribution < -0.4 is 5.43 Å². The first kappa shape index (κ1) is 9.42. The standard InChI is InChI=1S/C4H2F3N3O/c5-4(6,7)3(11)10-9-2-1-8/h2H,(H,10,11)/b9-2+. The zero-order valence-electron chi connectivity index (χ0n) is 5.01. The van der Waals surface area contributed by atoms with E-state index < -0.39 is 12.1 Å². The molecule has 0 fully saturated rings. The third-order valence-electron chi connectivity index (χ3n) is 0.546. The van der Waals surface area contributed by atoms with Crippen LogP contribution in [0.15, 0.2) is 5.10 Å². The molecule has 0 aliphatic heterocycles. The molecule has 11 heavy (non-hydrogen) atoms. The van der Waals surface area contributed by atoms with E-state index in [4.69, 9.17) is 5.26 Å². The number of carbonyl (C=O) groups is 1. The lowest BCUT2D eigenvalue weighted by Gasteiger charge is -2.01. The fourth-order valence-corrected chi connectivity index (χ4v) is 0.183. The number of nitrogens with zero attached hydrogens (tertiary/aromatic N) is 2. The van der Waals surface area contributed by atoms with Crippen molar-refractivity contribution in [2.24, 2.45) is 5.10 Å². The minimum absolute atomic E-state index is 0.476. The number of hydrogen-bond acceptors (Lipinski definition) is 3. The molecule has 0 spiro atoms. The van der Waals surface area contributed by atoms with E-state index in [-0.39, 0.29) is 0 Å². The molecular weight excluding hydrogens is 163 g/mol. The molecule has 0 aromatic carbocycles. The number of nitrogens with one attached hydrogen (secondary N) is 1. The van der Waals surface area contributed by atoms with Crippen molar-refractivity contribution >= 4 is 12.1 Å². The average molecular weight is 165 g/mol. The van der Waals surface area contributed by atoms with E-state index in [1.54, 1.807) is 0 Å². The van der Waals surface area contributed by atoms with Crippen LogP contribution >= 0.6 is 0 Å². The van der Waals surface area contributed by atoms with Crippen LogP contribution in [-0.2, 0) is 4.79 Å². The van der Waals surface area contributed by atoms with E-state index >= 15 is 0 Å². The molecule has 1 N–H and O–H groups in total. The molecule has 0 aromatic rings. The first-order chi connectivity index (χ1) is 4.98. The normalized spacial score (nSPS) is 11.1. The minimum atomic E-state index is -4.97. The number of hydrazone groups is 1. The molecule has 0 saturated heterocycles. The predicted molar refractivity (Wildman–Crippen MR) is 28.3 cm³/mol. The second-order valence-corrected chi connectivity index (χ2v) is 1.33. The van der Waals surface area contributed by atoms with E-state index in [1.807, 2.05) is 0 Å². The van der Waals surface area contributed by atoms with Gasteiger partial charge in [-0.15, -0.1) is 0 Å². The number of amides is 1. The smallest absolute Gasteiger partial charge is 0.263 e. The van der Waals surface area contributed by atoms with Crippen LogP contribution in [-0.4, -0.2) is 18.3 Å². The molecule has 4 nitrogen and oxygen atoms in total. The molecule has 60 valence electrons. The maximum atomic E-state index is 11.3. The van der Waals surface area contributed by atoms with Crippen LogP contribution in [0, 0.1) is 11.3 Å². The van der Waals surface area contributed by atoms with E-state index in [0.29, 0.717) is 6.21 Å². The zero-order chi connectivity index (χ0) is 8.91. The van der Waals surface area contributed by atoms with Crippen LogP contribution in [0.3, 0.4) is 0 Å². The Morgan fingerprint density at radius 2 is 2.18 bits per heavy atom. The van der Waals surface area contributed by atoms with Crippen molar-refractivity contribution in [1.82, 2.24) is 5.43 Å². The third kappa shape index (κ3) is 3.91. The predicted octanol–water partition coefficient (Wildman–Crippen LogP) is 0.174. The van der Waals surface area contributed by atoms with Gasteiger partial charge in [0, 0.05) is 0 Å². The zero-order valence-corrected chi connectivity index (χ0v) is 5.01. The summed E-state index contributed by atoms with van der Waals surface area (Å²) in [5.74, 6) is -2.20. The van der Waals surface area contributed by atoms with Crippen LogP contribution in [0.5, 0.6) is 0 Å². The van der Waals surface area contributed by atoms with Gasteiger partial charge in [0.25, 0.3) is 0 Å². The molecule has 0 aromatic heterocycles. The molecule has 0 aliphatic carbocycles. The van der Waals surface area contributed by atoms with Gasteiger partial charge in [0.15, 0.2) is 0 Å². The summed E-state index contributed by atoms with van der Waals surface area (Å²) in [6.45, 7) is 0. The summed E-state index contributed by atoms with van der Waals surface area (Å²) < 4.78 is 33.9. The summed E-state index contributed by atoms with van der Waals surface area (Å²) in [4.78, 5) is 9.88. The van der Waals surface area contributed by atoms with Gasteiger partial charge in [-0.25, -0.2) is 5.43 Å². The van der Waals surface area contributed by atoms with Crippen molar-refractivity contribution in [1.29, 1.82) is 5.26 Å². The van der Waals surface area contributed by atoms with E-state index in [0.717, 1.165) is 5.43 Å². The largest absolute Gasteiger partial charge is 0.473 e. The van der Waals surface area contributed by atoms with Gasteiger partial charge in [-0.2, -0.15) is 23.5 Å². The first-order valence-corrected chi connectivity index (χ1v) is 2.27. The van der Waals surface area contributed by atoms with Gasteiger partial charge >= 0.3 is 12.1 Å². The van der Waals surface area contributed by atoms with Crippen LogP contribution in [0.4, 0.5) is 13.2 Å². The van der Waals surface area contributed by atoms with Crippen molar-refractivity contribution < 1.29 is 18.0 Å². The molecule has 7 heteroatoms. The second-order valence-electron chi connectivity index (χ2n) is 1.33. The Kier molecular flexibility index (Phi) is 3.04. The van der Waals surface area contributed by atoms with Gasteiger partial charge in [0.1, 0.15) is 12.3 Å². The van der Waals surface area contributed by atoms with E-state index in [1.165, 1.54) is 6.07 Å². The van der Waals surface area contributed by atoms with Gasteiger partial charge in [0.05, 0.1) is 0 Å². The second kappa shape index (κ2) is 3.55. The van der Waals surface area contributed by atoms with E-state index in [2.05, 4.69) is 5.10 Å². The Hall–Kier alpha value is -1.58. The SMILES string of the molecule is N#C/C=N/NC(=O)C(F)(F)F. The highest BCUT2D eigenvalue weighted by Crippen LogP contribution is 2.13. The number of nitriles is 1. The molecule has 0 unspecified atom stereocenters. The fraction of sp³-hybridized carbons (Fsp3) is 0.250. The summed E-state index contributed by atoms with van der Waals surface area (Å²) in [6, 6.07) is 1.30. The van der Waals surface area contributed by atoms with Crippen molar-refractivity contribution in [3.8, 4) is 6.07 Å². The quantitative estimate of drug-likeness (QED) is 0.444. The van der Waals surface area contributed by atoms with Gasteiger partial charge < -0.3 is 0 Å². The molecule has 0 radical (unpaired) electrons. The number of alkyl halides is 3. The number of rotatable bonds is 1. The van der Waals surface area contributed by atoms with Crippen LogP contribution in [0.2, 0.25) is 0 Å². The summed E-state index contributed by atoms with van der Waals surface area (Å²) in [7, 11) is 0. The van der Waals surface area contributed by atoms with Gasteiger partial charge in [-0.3, -0.25) is 4.79 Å². The highest BCUT2D eigenvalue weighted by atomic mass is 19.4. The number of halogens is 3. The summed E-state index contributed by atoms with van der Waals surface area (Å²) in [6.07, 6.45) is -4.49. The molecule has 0 heterocycles. The van der Waals surface area contributed by atoms with Gasteiger partial charge in [-0.1, -0.05) is 0 Å². The monoisotopic (exact) mass is 165 g/mol. The Morgan fingerprint density at radius 3 is 2.55 bits per heavy atom. The lowest BCUT2D eigenvalue weighted by atomic mass is 10.6. The van der Waals surface area contributed by atoms with Crippen molar-refractivity contribution in [3.63, 3.8) is 0 Å². The Bertz CT molecular complexity index is 214. The average Bonchev–Trinajstić information content (AvgIpc) is 1.86. The molecule has 0 saturated carbocycles. The number of hydrogen-bond donors (Lipinski definition) is 1. The van der Waals surface area contributed by atoms with Gasteiger partial charge in [-0.05, 0) is 0 Å². The van der Waals surface area contributed by atoms with Crippen molar-refractivity contribution in [2.45, 2.75) is 6.18 Å². The highest BCUT2D eigenvalue weighted by molar-refractivity contribution is 5.83. The lowest BCUT2D eigenvalue weighted by Crippen LogP contribution is -2.33. The Morgan fingerprint density at radius 1 is 1.64 bits per heavy atom. The molecular formula is C4H2F3N3O. The van der Waals surface area contributed by atoms with Crippen LogP contribution in [0.1, 0.15) is 0 Å². The lowest BCUT2D eigenvalue weighted by molar-refractivity contribution is -0.173. The van der Waals surface area contributed by atoms with Crippen LogP contribution in [0.25, 0.3) is 0 Å². The first-order valence-electron chi connectivity index (χ1n) is 2.27. The van der Waals surface area contributed by atoms with Gasteiger partial charge in [0.2, 0.25) is 0 Å². The third-order valence-corrected chi connectivity index (χ3v) is 0.546. The van der Waals surface area contributed by atoms with Crippen molar-refractivity contribution in [3.05, 3.63) is 0 Å². The Balaban J connectivity index is 3.92.